The van der Waals surface area contributed by atoms with Crippen LogP contribution in [0.3, 0.4) is 0 Å². The van der Waals surface area contributed by atoms with E-state index in [1.165, 1.54) is 14.2 Å². The average molecular weight is 358 g/mol. The first-order valence-electron chi connectivity index (χ1n) is 8.09. The first kappa shape index (κ1) is 19.1. The lowest BCUT2D eigenvalue weighted by atomic mass is 10.2. The minimum atomic E-state index is -0.263. The fourth-order valence-corrected chi connectivity index (χ4v) is 2.17. The number of hydrogen-bond donors (Lipinski definition) is 2. The third-order valence-corrected chi connectivity index (χ3v) is 3.49. The zero-order valence-electron chi connectivity index (χ0n) is 14.8. The molecule has 0 saturated heterocycles. The van der Waals surface area contributed by atoms with Crippen LogP contribution in [0.1, 0.15) is 10.4 Å². The van der Waals surface area contributed by atoms with Crippen LogP contribution in [0, 0.1) is 0 Å². The number of rotatable bonds is 9. The lowest BCUT2D eigenvalue weighted by Crippen LogP contribution is -2.36. The Bertz CT molecular complexity index is 734. The average Bonchev–Trinajstić information content (AvgIpc) is 2.69. The van der Waals surface area contributed by atoms with E-state index in [9.17, 15) is 9.59 Å². The van der Waals surface area contributed by atoms with Crippen LogP contribution >= 0.6 is 0 Å². The molecule has 0 saturated carbocycles. The molecule has 0 heterocycles. The first-order valence-corrected chi connectivity index (χ1v) is 8.09. The first-order chi connectivity index (χ1) is 12.6. The Labute approximate surface area is 152 Å². The van der Waals surface area contributed by atoms with Gasteiger partial charge in [-0.3, -0.25) is 9.59 Å². The Kier molecular flexibility index (Phi) is 7.30. The van der Waals surface area contributed by atoms with Crippen molar-refractivity contribution < 1.29 is 23.8 Å². The van der Waals surface area contributed by atoms with Crippen molar-refractivity contribution in [1.29, 1.82) is 0 Å². The second kappa shape index (κ2) is 9.93. The number of carbonyl (C=O) groups is 2. The van der Waals surface area contributed by atoms with Crippen molar-refractivity contribution in [1.82, 2.24) is 10.6 Å². The number of amides is 2. The molecule has 2 N–H and O–H groups in total. The molecule has 2 amide bonds. The Morgan fingerprint density at radius 2 is 1.58 bits per heavy atom. The van der Waals surface area contributed by atoms with Crippen LogP contribution in [0.2, 0.25) is 0 Å². The molecule has 0 aliphatic carbocycles. The normalized spacial score (nSPS) is 9.92. The Morgan fingerprint density at radius 3 is 2.27 bits per heavy atom. The van der Waals surface area contributed by atoms with Gasteiger partial charge in [-0.05, 0) is 30.3 Å². The standard InChI is InChI=1S/C19H22N2O5/c1-24-16-9-8-14(12-17(16)25-2)19(23)21-11-10-20-18(22)13-26-15-6-4-3-5-7-15/h3-9,12H,10-11,13H2,1-2H3,(H,20,22)(H,21,23). The maximum atomic E-state index is 12.1. The fraction of sp³-hybridized carbons (Fsp3) is 0.263. The van der Waals surface area contributed by atoms with Gasteiger partial charge in [-0.25, -0.2) is 0 Å². The maximum absolute atomic E-state index is 12.1. The lowest BCUT2D eigenvalue weighted by molar-refractivity contribution is -0.123. The van der Waals surface area contributed by atoms with E-state index in [-0.39, 0.29) is 18.4 Å². The molecule has 0 radical (unpaired) electrons. The summed E-state index contributed by atoms with van der Waals surface area (Å²) >= 11 is 0. The molecule has 0 aliphatic rings. The van der Waals surface area contributed by atoms with E-state index in [1.54, 1.807) is 30.3 Å². The molecule has 0 bridgehead atoms. The molecule has 0 aliphatic heterocycles. The number of hydrogen-bond acceptors (Lipinski definition) is 5. The zero-order valence-corrected chi connectivity index (χ0v) is 14.8. The number of nitrogens with one attached hydrogen (secondary N) is 2. The smallest absolute Gasteiger partial charge is 0.258 e. The Morgan fingerprint density at radius 1 is 0.885 bits per heavy atom. The molecular weight excluding hydrogens is 336 g/mol. The lowest BCUT2D eigenvalue weighted by Gasteiger charge is -2.10. The van der Waals surface area contributed by atoms with Crippen molar-refractivity contribution in [3.63, 3.8) is 0 Å². The topological polar surface area (TPSA) is 85.9 Å². The monoisotopic (exact) mass is 358 g/mol. The molecule has 0 fully saturated rings. The zero-order chi connectivity index (χ0) is 18.8. The number of benzene rings is 2. The van der Waals surface area contributed by atoms with Gasteiger partial charge >= 0.3 is 0 Å². The summed E-state index contributed by atoms with van der Waals surface area (Å²) in [5.74, 6) is 1.14. The minimum Gasteiger partial charge on any atom is -0.493 e. The maximum Gasteiger partial charge on any atom is 0.258 e. The largest absolute Gasteiger partial charge is 0.493 e. The van der Waals surface area contributed by atoms with E-state index in [2.05, 4.69) is 10.6 Å². The molecule has 2 rings (SSSR count). The fourth-order valence-electron chi connectivity index (χ4n) is 2.17. The number of ether oxygens (including phenoxy) is 3. The molecule has 26 heavy (non-hydrogen) atoms. The predicted octanol–water partition coefficient (Wildman–Crippen LogP) is 1.63. The molecule has 0 aromatic heterocycles. The molecule has 0 spiro atoms. The highest BCUT2D eigenvalue weighted by molar-refractivity contribution is 5.94. The molecule has 7 heteroatoms. The van der Waals surface area contributed by atoms with E-state index in [1.807, 2.05) is 18.2 Å². The number of methoxy groups -OCH3 is 2. The quantitative estimate of drug-likeness (QED) is 0.666. The van der Waals surface area contributed by atoms with E-state index in [0.29, 0.717) is 35.9 Å². The van der Waals surface area contributed by atoms with Gasteiger partial charge in [-0.2, -0.15) is 0 Å². The van der Waals surface area contributed by atoms with Gasteiger partial charge in [0.15, 0.2) is 18.1 Å². The van der Waals surface area contributed by atoms with Crippen molar-refractivity contribution in [3.8, 4) is 17.2 Å². The molecule has 138 valence electrons. The van der Waals surface area contributed by atoms with Gasteiger partial charge in [0.2, 0.25) is 0 Å². The van der Waals surface area contributed by atoms with E-state index in [4.69, 9.17) is 14.2 Å². The van der Waals surface area contributed by atoms with Gasteiger partial charge in [0.25, 0.3) is 11.8 Å². The van der Waals surface area contributed by atoms with Crippen molar-refractivity contribution in [2.75, 3.05) is 33.9 Å². The van der Waals surface area contributed by atoms with Crippen molar-refractivity contribution in [3.05, 3.63) is 54.1 Å². The summed E-state index contributed by atoms with van der Waals surface area (Å²) < 4.78 is 15.6. The minimum absolute atomic E-state index is 0.0758. The van der Waals surface area contributed by atoms with Crippen molar-refractivity contribution >= 4 is 11.8 Å². The van der Waals surface area contributed by atoms with Crippen molar-refractivity contribution in [2.45, 2.75) is 0 Å². The van der Waals surface area contributed by atoms with Gasteiger partial charge < -0.3 is 24.8 Å². The molecule has 2 aromatic carbocycles. The highest BCUT2D eigenvalue weighted by atomic mass is 16.5. The SMILES string of the molecule is COc1ccc(C(=O)NCCNC(=O)COc2ccccc2)cc1OC. The summed E-state index contributed by atoms with van der Waals surface area (Å²) in [6.07, 6.45) is 0. The summed E-state index contributed by atoms with van der Waals surface area (Å²) in [6, 6.07) is 14.0. The van der Waals surface area contributed by atoms with Crippen LogP contribution < -0.4 is 24.8 Å². The molecule has 7 nitrogen and oxygen atoms in total. The third-order valence-electron chi connectivity index (χ3n) is 3.49. The van der Waals surface area contributed by atoms with E-state index in [0.717, 1.165) is 0 Å². The van der Waals surface area contributed by atoms with Gasteiger partial charge in [0.05, 0.1) is 14.2 Å². The Balaban J connectivity index is 1.70. The third kappa shape index (κ3) is 5.70. The second-order valence-corrected chi connectivity index (χ2v) is 5.28. The van der Waals surface area contributed by atoms with Gasteiger partial charge in [0, 0.05) is 18.7 Å². The molecule has 0 unspecified atom stereocenters. The van der Waals surface area contributed by atoms with Crippen molar-refractivity contribution in [2.24, 2.45) is 0 Å². The summed E-state index contributed by atoms with van der Waals surface area (Å²) in [6.45, 7) is 0.522. The summed E-state index contributed by atoms with van der Waals surface area (Å²) in [5.41, 5.74) is 0.446. The van der Waals surface area contributed by atoms with Crippen LogP contribution in [0.4, 0.5) is 0 Å². The van der Waals surface area contributed by atoms with Crippen LogP contribution in [0.15, 0.2) is 48.5 Å². The van der Waals surface area contributed by atoms with E-state index >= 15 is 0 Å². The molecular formula is C19H22N2O5. The van der Waals surface area contributed by atoms with Gasteiger partial charge in [-0.15, -0.1) is 0 Å². The number of carbonyl (C=O) groups excluding carboxylic acids is 2. The summed E-state index contributed by atoms with van der Waals surface area (Å²) in [4.78, 5) is 23.8. The van der Waals surface area contributed by atoms with Gasteiger partial charge in [0.1, 0.15) is 5.75 Å². The highest BCUT2D eigenvalue weighted by Crippen LogP contribution is 2.27. The number of para-hydroxylation sites is 1. The van der Waals surface area contributed by atoms with Crippen LogP contribution in [-0.2, 0) is 4.79 Å². The van der Waals surface area contributed by atoms with E-state index < -0.39 is 0 Å². The van der Waals surface area contributed by atoms with Crippen LogP contribution in [0.5, 0.6) is 17.2 Å². The summed E-state index contributed by atoms with van der Waals surface area (Å²) in [7, 11) is 3.04. The molecule has 0 atom stereocenters. The summed E-state index contributed by atoms with van der Waals surface area (Å²) in [5, 5.41) is 5.40. The van der Waals surface area contributed by atoms with Crippen LogP contribution in [0.25, 0.3) is 0 Å². The second-order valence-electron chi connectivity index (χ2n) is 5.28. The van der Waals surface area contributed by atoms with Crippen LogP contribution in [-0.4, -0.2) is 45.7 Å². The Hall–Kier alpha value is -3.22. The van der Waals surface area contributed by atoms with Gasteiger partial charge in [-0.1, -0.05) is 18.2 Å². The molecule has 2 aromatic rings. The predicted molar refractivity (Wildman–Crippen MR) is 96.8 cm³/mol. The highest BCUT2D eigenvalue weighted by Gasteiger charge is 2.10.